The van der Waals surface area contributed by atoms with E-state index in [0.717, 1.165) is 19.4 Å². The maximum Gasteiger partial charge on any atom is 0.176 e. The molecule has 0 bridgehead atoms. The molecule has 1 atom stereocenters. The summed E-state index contributed by atoms with van der Waals surface area (Å²) in [6.07, 6.45) is 2.38. The first-order valence-electron chi connectivity index (χ1n) is 6.28. The van der Waals surface area contributed by atoms with E-state index in [9.17, 15) is 9.18 Å². The molecule has 0 radical (unpaired) electrons. The van der Waals surface area contributed by atoms with Gasteiger partial charge in [0.25, 0.3) is 0 Å². The number of nitrogens with one attached hydrogen (secondary N) is 1. The van der Waals surface area contributed by atoms with Gasteiger partial charge in [0.05, 0.1) is 12.6 Å². The monoisotopic (exact) mass is 251 g/mol. The Morgan fingerprint density at radius 2 is 2.39 bits per heavy atom. The highest BCUT2D eigenvalue weighted by Gasteiger charge is 2.15. The Bertz CT molecular complexity index is 428. The van der Waals surface area contributed by atoms with Crippen LogP contribution >= 0.6 is 0 Å². The van der Waals surface area contributed by atoms with Gasteiger partial charge >= 0.3 is 0 Å². The highest BCUT2D eigenvalue weighted by molar-refractivity contribution is 5.97. The van der Waals surface area contributed by atoms with Crippen molar-refractivity contribution in [3.05, 3.63) is 35.1 Å². The van der Waals surface area contributed by atoms with Gasteiger partial charge in [0, 0.05) is 18.7 Å². The topological polar surface area (TPSA) is 38.3 Å². The van der Waals surface area contributed by atoms with Crippen molar-refractivity contribution in [2.75, 3.05) is 19.7 Å². The largest absolute Gasteiger partial charge is 0.377 e. The zero-order valence-corrected chi connectivity index (χ0v) is 10.5. The van der Waals surface area contributed by atoms with Crippen molar-refractivity contribution in [2.24, 2.45) is 0 Å². The number of aryl methyl sites for hydroxylation is 1. The van der Waals surface area contributed by atoms with E-state index in [1.807, 2.05) is 0 Å². The first-order chi connectivity index (χ1) is 8.66. The molecule has 98 valence electrons. The molecule has 1 heterocycles. The van der Waals surface area contributed by atoms with Gasteiger partial charge in [-0.05, 0) is 43.5 Å². The zero-order valence-electron chi connectivity index (χ0n) is 10.5. The number of hydrogen-bond donors (Lipinski definition) is 1. The van der Waals surface area contributed by atoms with Crippen LogP contribution in [0.25, 0.3) is 0 Å². The fraction of sp³-hybridized carbons (Fsp3) is 0.500. The molecule has 0 saturated carbocycles. The standard InChI is InChI=1S/C14H18FNO2/c1-10-7-11(4-5-13(10)15)14(17)9-16-8-12-3-2-6-18-12/h4-5,7,12,16H,2-3,6,8-9H2,1H3. The first-order valence-corrected chi connectivity index (χ1v) is 6.28. The van der Waals surface area contributed by atoms with Crippen LogP contribution < -0.4 is 5.32 Å². The molecule has 1 aliphatic rings. The molecule has 0 aliphatic carbocycles. The SMILES string of the molecule is Cc1cc(C(=O)CNCC2CCCO2)ccc1F. The Balaban J connectivity index is 1.81. The Morgan fingerprint density at radius 3 is 3.06 bits per heavy atom. The first kappa shape index (κ1) is 13.2. The third-order valence-corrected chi connectivity index (χ3v) is 3.16. The van der Waals surface area contributed by atoms with Gasteiger partial charge in [0.2, 0.25) is 0 Å². The Labute approximate surface area is 106 Å². The molecule has 1 saturated heterocycles. The van der Waals surface area contributed by atoms with Crippen LogP contribution in [0.15, 0.2) is 18.2 Å². The average molecular weight is 251 g/mol. The summed E-state index contributed by atoms with van der Waals surface area (Å²) in [6.45, 7) is 3.44. The van der Waals surface area contributed by atoms with Crippen LogP contribution in [0.2, 0.25) is 0 Å². The fourth-order valence-electron chi connectivity index (χ4n) is 2.07. The molecule has 0 aromatic heterocycles. The summed E-state index contributed by atoms with van der Waals surface area (Å²) in [7, 11) is 0. The second-order valence-corrected chi connectivity index (χ2v) is 4.65. The van der Waals surface area contributed by atoms with Crippen LogP contribution in [0.3, 0.4) is 0 Å². The van der Waals surface area contributed by atoms with Crippen LogP contribution in [0, 0.1) is 12.7 Å². The molecule has 0 spiro atoms. The molecule has 3 nitrogen and oxygen atoms in total. The van der Waals surface area contributed by atoms with Crippen molar-refractivity contribution < 1.29 is 13.9 Å². The van der Waals surface area contributed by atoms with Crippen LogP contribution in [-0.4, -0.2) is 31.6 Å². The minimum absolute atomic E-state index is 0.0175. The van der Waals surface area contributed by atoms with Gasteiger partial charge in [-0.3, -0.25) is 4.79 Å². The second kappa shape index (κ2) is 6.07. The average Bonchev–Trinajstić information content (AvgIpc) is 2.85. The molecule has 0 amide bonds. The van der Waals surface area contributed by atoms with Gasteiger partial charge < -0.3 is 10.1 Å². The molecule has 4 heteroatoms. The highest BCUT2D eigenvalue weighted by atomic mass is 19.1. The highest BCUT2D eigenvalue weighted by Crippen LogP contribution is 2.11. The van der Waals surface area contributed by atoms with Gasteiger partial charge in [-0.25, -0.2) is 4.39 Å². The Hall–Kier alpha value is -1.26. The number of Topliss-reactive ketones (excluding diaryl/α,β-unsaturated/α-hetero) is 1. The third-order valence-electron chi connectivity index (χ3n) is 3.16. The summed E-state index contributed by atoms with van der Waals surface area (Å²) >= 11 is 0. The molecular weight excluding hydrogens is 233 g/mol. The Kier molecular flexibility index (Phi) is 4.44. The van der Waals surface area contributed by atoms with E-state index in [2.05, 4.69) is 5.32 Å². The lowest BCUT2D eigenvalue weighted by Gasteiger charge is -2.10. The molecule has 1 fully saturated rings. The van der Waals surface area contributed by atoms with Crippen LogP contribution in [0.4, 0.5) is 4.39 Å². The lowest BCUT2D eigenvalue weighted by molar-refractivity contribution is 0.0955. The molecule has 2 rings (SSSR count). The van der Waals surface area contributed by atoms with Gasteiger partial charge in [-0.1, -0.05) is 0 Å². The van der Waals surface area contributed by atoms with Crippen molar-refractivity contribution in [3.63, 3.8) is 0 Å². The van der Waals surface area contributed by atoms with Gasteiger partial charge in [-0.2, -0.15) is 0 Å². The number of rotatable bonds is 5. The van der Waals surface area contributed by atoms with Crippen LogP contribution in [0.1, 0.15) is 28.8 Å². The van der Waals surface area contributed by atoms with Gasteiger partial charge in [0.1, 0.15) is 5.82 Å². The smallest absolute Gasteiger partial charge is 0.176 e. The summed E-state index contributed by atoms with van der Waals surface area (Å²) in [6, 6.07) is 4.45. The van der Waals surface area contributed by atoms with Crippen molar-refractivity contribution >= 4 is 5.78 Å². The quantitative estimate of drug-likeness (QED) is 0.814. The molecular formula is C14H18FNO2. The number of hydrogen-bond acceptors (Lipinski definition) is 3. The summed E-state index contributed by atoms with van der Waals surface area (Å²) < 4.78 is 18.5. The minimum atomic E-state index is -0.279. The Morgan fingerprint density at radius 1 is 1.56 bits per heavy atom. The number of benzene rings is 1. The van der Waals surface area contributed by atoms with E-state index >= 15 is 0 Å². The second-order valence-electron chi connectivity index (χ2n) is 4.65. The molecule has 1 aromatic carbocycles. The van der Waals surface area contributed by atoms with E-state index in [1.54, 1.807) is 13.0 Å². The maximum atomic E-state index is 13.1. The van der Waals surface area contributed by atoms with Crippen molar-refractivity contribution in [1.29, 1.82) is 0 Å². The summed E-state index contributed by atoms with van der Waals surface area (Å²) in [5, 5.41) is 3.09. The fourth-order valence-corrected chi connectivity index (χ4v) is 2.07. The molecule has 18 heavy (non-hydrogen) atoms. The lowest BCUT2D eigenvalue weighted by atomic mass is 10.1. The van der Waals surface area contributed by atoms with Crippen molar-refractivity contribution in [2.45, 2.75) is 25.9 Å². The van der Waals surface area contributed by atoms with Gasteiger partial charge in [-0.15, -0.1) is 0 Å². The molecule has 1 aliphatic heterocycles. The van der Waals surface area contributed by atoms with E-state index in [0.29, 0.717) is 17.7 Å². The molecule has 1 unspecified atom stereocenters. The van der Waals surface area contributed by atoms with Crippen molar-refractivity contribution in [1.82, 2.24) is 5.32 Å². The third kappa shape index (κ3) is 3.37. The normalized spacial score (nSPS) is 19.1. The predicted molar refractivity (Wildman–Crippen MR) is 67.3 cm³/mol. The number of ether oxygens (including phenoxy) is 1. The number of carbonyl (C=O) groups excluding carboxylic acids is 1. The molecule has 1 N–H and O–H groups in total. The van der Waals surface area contributed by atoms with Crippen LogP contribution in [-0.2, 0) is 4.74 Å². The minimum Gasteiger partial charge on any atom is -0.377 e. The molecule has 1 aromatic rings. The predicted octanol–water partition coefficient (Wildman–Crippen LogP) is 2.09. The number of ketones is 1. The number of halogens is 1. The lowest BCUT2D eigenvalue weighted by Crippen LogP contribution is -2.30. The van der Waals surface area contributed by atoms with Gasteiger partial charge in [0.15, 0.2) is 5.78 Å². The summed E-state index contributed by atoms with van der Waals surface area (Å²) in [5.41, 5.74) is 1.05. The maximum absolute atomic E-state index is 13.1. The van der Waals surface area contributed by atoms with E-state index in [1.165, 1.54) is 12.1 Å². The summed E-state index contributed by atoms with van der Waals surface area (Å²) in [5.74, 6) is -0.296. The van der Waals surface area contributed by atoms with E-state index in [-0.39, 0.29) is 24.2 Å². The zero-order chi connectivity index (χ0) is 13.0. The van der Waals surface area contributed by atoms with E-state index in [4.69, 9.17) is 4.74 Å². The van der Waals surface area contributed by atoms with Crippen molar-refractivity contribution in [3.8, 4) is 0 Å². The summed E-state index contributed by atoms with van der Waals surface area (Å²) in [4.78, 5) is 11.9. The van der Waals surface area contributed by atoms with Crippen LogP contribution in [0.5, 0.6) is 0 Å². The number of carbonyl (C=O) groups is 1. The van der Waals surface area contributed by atoms with E-state index < -0.39 is 0 Å².